The molecule has 0 unspecified atom stereocenters. The van der Waals surface area contributed by atoms with E-state index in [2.05, 4.69) is 4.72 Å². The van der Waals surface area contributed by atoms with Crippen LogP contribution >= 0.6 is 11.3 Å². The third-order valence-corrected chi connectivity index (χ3v) is 6.33. The summed E-state index contributed by atoms with van der Waals surface area (Å²) < 4.78 is 27.6. The molecular weight excluding hydrogens is 330 g/mol. The van der Waals surface area contributed by atoms with Crippen LogP contribution in [0.25, 0.3) is 6.08 Å². The van der Waals surface area contributed by atoms with Crippen molar-refractivity contribution in [2.45, 2.75) is 25.4 Å². The van der Waals surface area contributed by atoms with Crippen LogP contribution in [0, 0.1) is 0 Å². The smallest absolute Gasteiger partial charge is 0.236 e. The first-order valence-electron chi connectivity index (χ1n) is 7.42. The second-order valence-corrected chi connectivity index (χ2v) is 8.52. The predicted molar refractivity (Wildman–Crippen MR) is 93.6 cm³/mol. The molecule has 0 spiro atoms. The van der Waals surface area contributed by atoms with Gasteiger partial charge in [-0.05, 0) is 59.4 Å². The lowest BCUT2D eigenvalue weighted by Crippen LogP contribution is -2.39. The molecule has 0 fully saturated rings. The van der Waals surface area contributed by atoms with Crippen LogP contribution in [0.1, 0.15) is 30.0 Å². The van der Waals surface area contributed by atoms with Crippen molar-refractivity contribution in [2.75, 3.05) is 6.54 Å². The van der Waals surface area contributed by atoms with Crippen molar-refractivity contribution in [3.8, 4) is 0 Å². The molecule has 6 heteroatoms. The zero-order chi connectivity index (χ0) is 16.5. The van der Waals surface area contributed by atoms with Crippen molar-refractivity contribution in [3.63, 3.8) is 0 Å². The molecule has 2 N–H and O–H groups in total. The number of fused-ring (bicyclic) bond motifs is 1. The van der Waals surface area contributed by atoms with Gasteiger partial charge in [-0.2, -0.15) is 11.3 Å². The highest BCUT2D eigenvalue weighted by atomic mass is 32.2. The number of aliphatic hydroxyl groups is 1. The van der Waals surface area contributed by atoms with Gasteiger partial charge in [-0.3, -0.25) is 0 Å². The van der Waals surface area contributed by atoms with Crippen LogP contribution in [0.3, 0.4) is 0 Å². The minimum Gasteiger partial charge on any atom is -0.384 e. The number of sulfonamides is 1. The zero-order valence-electron chi connectivity index (χ0n) is 12.8. The fraction of sp³-hybridized carbons (Fsp3) is 0.294. The number of hydrogen-bond acceptors (Lipinski definition) is 4. The van der Waals surface area contributed by atoms with Crippen molar-refractivity contribution < 1.29 is 13.5 Å². The minimum absolute atomic E-state index is 0.0505. The van der Waals surface area contributed by atoms with Gasteiger partial charge in [0.25, 0.3) is 0 Å². The van der Waals surface area contributed by atoms with Gasteiger partial charge in [0, 0.05) is 6.54 Å². The SMILES string of the molecule is C[C@](O)(CNS(=O)(=O)C1=Cc2ccccc2CC1)c1ccsc1. The van der Waals surface area contributed by atoms with Crippen LogP contribution in [-0.2, 0) is 22.0 Å². The first-order chi connectivity index (χ1) is 10.9. The van der Waals surface area contributed by atoms with E-state index in [1.165, 1.54) is 11.3 Å². The third-order valence-electron chi connectivity index (χ3n) is 4.11. The molecule has 1 aliphatic carbocycles. The van der Waals surface area contributed by atoms with Crippen LogP contribution in [-0.4, -0.2) is 20.1 Å². The average Bonchev–Trinajstić information content (AvgIpc) is 3.08. The van der Waals surface area contributed by atoms with Gasteiger partial charge in [-0.1, -0.05) is 24.3 Å². The standard InChI is InChI=1S/C17H19NO3S2/c1-17(19,15-8-9-22-11-15)12-18-23(20,21)16-7-6-13-4-2-3-5-14(13)10-16/h2-5,8-11,18-19H,6-7,12H2,1H3/t17-/m0/s1. The Morgan fingerprint density at radius 2 is 2.04 bits per heavy atom. The van der Waals surface area contributed by atoms with E-state index in [9.17, 15) is 13.5 Å². The largest absolute Gasteiger partial charge is 0.384 e. The van der Waals surface area contributed by atoms with Crippen molar-refractivity contribution >= 4 is 27.4 Å². The predicted octanol–water partition coefficient (Wildman–Crippen LogP) is 2.86. The van der Waals surface area contributed by atoms with E-state index in [0.29, 0.717) is 23.3 Å². The van der Waals surface area contributed by atoms with Gasteiger partial charge < -0.3 is 5.11 Å². The number of thiophene rings is 1. The molecule has 122 valence electrons. The van der Waals surface area contributed by atoms with E-state index >= 15 is 0 Å². The monoisotopic (exact) mass is 349 g/mol. The summed E-state index contributed by atoms with van der Waals surface area (Å²) in [6, 6.07) is 9.60. The Balaban J connectivity index is 1.77. The highest BCUT2D eigenvalue weighted by Crippen LogP contribution is 2.27. The molecular formula is C17H19NO3S2. The number of nitrogens with one attached hydrogen (secondary N) is 1. The number of aryl methyl sites for hydroxylation is 1. The third kappa shape index (κ3) is 3.55. The molecule has 1 aromatic carbocycles. The van der Waals surface area contributed by atoms with Crippen molar-refractivity contribution in [3.05, 3.63) is 62.7 Å². The van der Waals surface area contributed by atoms with Crippen LogP contribution in [0.4, 0.5) is 0 Å². The molecule has 0 saturated carbocycles. The summed E-state index contributed by atoms with van der Waals surface area (Å²) in [4.78, 5) is 0.373. The number of rotatable bonds is 5. The Bertz CT molecular complexity index is 821. The van der Waals surface area contributed by atoms with E-state index in [1.54, 1.807) is 19.1 Å². The Hall–Kier alpha value is -1.47. The summed E-state index contributed by atoms with van der Waals surface area (Å²) in [5.74, 6) is 0. The molecule has 2 aromatic rings. The fourth-order valence-electron chi connectivity index (χ4n) is 2.62. The minimum atomic E-state index is -3.60. The van der Waals surface area contributed by atoms with E-state index < -0.39 is 15.6 Å². The summed E-state index contributed by atoms with van der Waals surface area (Å²) in [5, 5.41) is 14.1. The normalized spacial score (nSPS) is 17.2. The maximum absolute atomic E-state index is 12.5. The average molecular weight is 349 g/mol. The van der Waals surface area contributed by atoms with Gasteiger partial charge in [0.2, 0.25) is 10.0 Å². The van der Waals surface area contributed by atoms with Gasteiger partial charge in [0.15, 0.2) is 0 Å². The highest BCUT2D eigenvalue weighted by Gasteiger charge is 2.28. The Kier molecular flexibility index (Phi) is 4.42. The number of benzene rings is 1. The molecule has 0 bridgehead atoms. The van der Waals surface area contributed by atoms with Crippen LogP contribution in [0.5, 0.6) is 0 Å². The van der Waals surface area contributed by atoms with Crippen molar-refractivity contribution in [2.24, 2.45) is 0 Å². The Morgan fingerprint density at radius 1 is 1.26 bits per heavy atom. The Morgan fingerprint density at radius 3 is 2.78 bits per heavy atom. The first kappa shape index (κ1) is 16.4. The van der Waals surface area contributed by atoms with E-state index in [4.69, 9.17) is 0 Å². The molecule has 0 aliphatic heterocycles. The molecule has 3 rings (SSSR count). The highest BCUT2D eigenvalue weighted by molar-refractivity contribution is 7.93. The molecule has 0 amide bonds. The van der Waals surface area contributed by atoms with Gasteiger partial charge in [0.05, 0.1) is 4.91 Å². The topological polar surface area (TPSA) is 66.4 Å². The molecule has 1 atom stereocenters. The van der Waals surface area contributed by atoms with Crippen molar-refractivity contribution in [1.82, 2.24) is 4.72 Å². The molecule has 4 nitrogen and oxygen atoms in total. The maximum Gasteiger partial charge on any atom is 0.236 e. The zero-order valence-corrected chi connectivity index (χ0v) is 14.5. The number of hydrogen-bond donors (Lipinski definition) is 2. The summed E-state index contributed by atoms with van der Waals surface area (Å²) in [6.07, 6.45) is 2.91. The quantitative estimate of drug-likeness (QED) is 0.872. The van der Waals surface area contributed by atoms with Gasteiger partial charge in [0.1, 0.15) is 5.60 Å². The van der Waals surface area contributed by atoms with E-state index in [-0.39, 0.29) is 6.54 Å². The lowest BCUT2D eigenvalue weighted by molar-refractivity contribution is 0.0632. The maximum atomic E-state index is 12.5. The first-order valence-corrected chi connectivity index (χ1v) is 9.84. The summed E-state index contributed by atoms with van der Waals surface area (Å²) in [6.45, 7) is 1.56. The summed E-state index contributed by atoms with van der Waals surface area (Å²) in [7, 11) is -3.60. The summed E-state index contributed by atoms with van der Waals surface area (Å²) in [5.41, 5.74) is 1.61. The van der Waals surface area contributed by atoms with Crippen LogP contribution in [0.15, 0.2) is 46.0 Å². The molecule has 1 heterocycles. The molecule has 0 saturated heterocycles. The second-order valence-electron chi connectivity index (χ2n) is 5.92. The lowest BCUT2D eigenvalue weighted by atomic mass is 9.98. The Labute approximate surface area is 140 Å². The van der Waals surface area contributed by atoms with Crippen LogP contribution in [0.2, 0.25) is 0 Å². The van der Waals surface area contributed by atoms with Crippen LogP contribution < -0.4 is 4.72 Å². The molecule has 23 heavy (non-hydrogen) atoms. The van der Waals surface area contributed by atoms with E-state index in [0.717, 1.165) is 11.1 Å². The lowest BCUT2D eigenvalue weighted by Gasteiger charge is -2.24. The van der Waals surface area contributed by atoms with Gasteiger partial charge in [-0.15, -0.1) is 0 Å². The van der Waals surface area contributed by atoms with Crippen molar-refractivity contribution in [1.29, 1.82) is 0 Å². The number of allylic oxidation sites excluding steroid dienone is 1. The second kappa shape index (κ2) is 6.20. The molecule has 1 aliphatic rings. The summed E-state index contributed by atoms with van der Waals surface area (Å²) >= 11 is 1.47. The van der Waals surface area contributed by atoms with Gasteiger partial charge in [-0.25, -0.2) is 13.1 Å². The molecule has 1 aromatic heterocycles. The van der Waals surface area contributed by atoms with Gasteiger partial charge >= 0.3 is 0 Å². The molecule has 0 radical (unpaired) electrons. The fourth-order valence-corrected chi connectivity index (χ4v) is 4.71. The van der Waals surface area contributed by atoms with E-state index in [1.807, 2.05) is 35.0 Å².